The van der Waals surface area contributed by atoms with Gasteiger partial charge in [-0.1, -0.05) is 0 Å². The van der Waals surface area contributed by atoms with Crippen LogP contribution in [0.15, 0.2) is 18.2 Å². The van der Waals surface area contributed by atoms with E-state index in [1.807, 2.05) is 0 Å². The van der Waals surface area contributed by atoms with E-state index < -0.39 is 28.6 Å². The fourth-order valence-corrected chi connectivity index (χ4v) is 4.88. The largest absolute Gasteiger partial charge is 0.353 e. The number of Topliss-reactive ketones (excluding diaryl/α,β-unsaturated/α-hetero) is 1. The molecule has 2 heterocycles. The van der Waals surface area contributed by atoms with Gasteiger partial charge >= 0.3 is 0 Å². The standard InChI is InChI=1S/C24H27FN4O4/c1-12-10-15(6-7-16(12)25)27-20(31)17-13(2)18(29(5)14(17)3)19(30)21(32)28-23(4)11-26-22(33)24(23)8-9-24/h6-7,10H,8-9,11H2,1-5H3,(H,26,33)(H,27,31)(H,28,32). The fourth-order valence-electron chi connectivity index (χ4n) is 4.88. The number of anilines is 1. The lowest BCUT2D eigenvalue weighted by atomic mass is 9.85. The molecule has 1 aromatic heterocycles. The van der Waals surface area contributed by atoms with Crippen molar-refractivity contribution in [3.63, 3.8) is 0 Å². The number of aryl methyl sites for hydroxylation is 1. The summed E-state index contributed by atoms with van der Waals surface area (Å²) in [5.74, 6) is -2.52. The number of ketones is 1. The zero-order chi connectivity index (χ0) is 24.3. The first-order valence-corrected chi connectivity index (χ1v) is 10.8. The normalized spacial score (nSPS) is 20.5. The molecule has 2 aromatic rings. The number of hydrogen-bond donors (Lipinski definition) is 3. The molecule has 9 heteroatoms. The molecule has 0 bridgehead atoms. The zero-order valence-corrected chi connectivity index (χ0v) is 19.3. The first kappa shape index (κ1) is 22.7. The highest BCUT2D eigenvalue weighted by atomic mass is 19.1. The molecule has 1 saturated heterocycles. The first-order valence-electron chi connectivity index (χ1n) is 10.8. The predicted octanol–water partition coefficient (Wildman–Crippen LogP) is 2.31. The second-order valence-corrected chi connectivity index (χ2v) is 9.29. The Morgan fingerprint density at radius 2 is 1.82 bits per heavy atom. The Balaban J connectivity index is 1.58. The van der Waals surface area contributed by atoms with Gasteiger partial charge in [-0.05, 0) is 69.9 Å². The van der Waals surface area contributed by atoms with E-state index in [-0.39, 0.29) is 29.5 Å². The Labute approximate surface area is 190 Å². The summed E-state index contributed by atoms with van der Waals surface area (Å²) >= 11 is 0. The van der Waals surface area contributed by atoms with Crippen molar-refractivity contribution in [3.8, 4) is 0 Å². The molecule has 0 radical (unpaired) electrons. The van der Waals surface area contributed by atoms with Gasteiger partial charge in [-0.25, -0.2) is 4.39 Å². The summed E-state index contributed by atoms with van der Waals surface area (Å²) in [6, 6.07) is 4.25. The Morgan fingerprint density at radius 1 is 1.15 bits per heavy atom. The molecule has 1 spiro atoms. The lowest BCUT2D eigenvalue weighted by Gasteiger charge is -2.29. The van der Waals surface area contributed by atoms with Gasteiger partial charge in [0, 0.05) is 25.0 Å². The van der Waals surface area contributed by atoms with Crippen LogP contribution in [0.5, 0.6) is 0 Å². The minimum Gasteiger partial charge on any atom is -0.353 e. The van der Waals surface area contributed by atoms with Crippen LogP contribution in [-0.2, 0) is 16.6 Å². The summed E-state index contributed by atoms with van der Waals surface area (Å²) in [6.07, 6.45) is 1.33. The van der Waals surface area contributed by atoms with Crippen molar-refractivity contribution in [2.75, 3.05) is 11.9 Å². The van der Waals surface area contributed by atoms with Gasteiger partial charge in [-0.3, -0.25) is 19.2 Å². The van der Waals surface area contributed by atoms with Gasteiger partial charge in [-0.2, -0.15) is 0 Å². The fraction of sp³-hybridized carbons (Fsp3) is 0.417. The number of nitrogens with zero attached hydrogens (tertiary/aromatic N) is 1. The molecule has 3 N–H and O–H groups in total. The van der Waals surface area contributed by atoms with Gasteiger partial charge in [-0.15, -0.1) is 0 Å². The van der Waals surface area contributed by atoms with Gasteiger partial charge in [0.15, 0.2) is 0 Å². The summed E-state index contributed by atoms with van der Waals surface area (Å²) in [4.78, 5) is 51.3. The molecule has 1 aliphatic carbocycles. The van der Waals surface area contributed by atoms with E-state index in [4.69, 9.17) is 0 Å². The van der Waals surface area contributed by atoms with Crippen molar-refractivity contribution in [1.29, 1.82) is 0 Å². The Hall–Kier alpha value is -3.49. The molecule has 8 nitrogen and oxygen atoms in total. The van der Waals surface area contributed by atoms with Crippen LogP contribution in [0.4, 0.5) is 10.1 Å². The summed E-state index contributed by atoms with van der Waals surface area (Å²) in [6.45, 7) is 6.94. The van der Waals surface area contributed by atoms with Gasteiger partial charge in [0.1, 0.15) is 5.82 Å². The second kappa shape index (κ2) is 7.54. The van der Waals surface area contributed by atoms with E-state index in [1.165, 1.54) is 22.8 Å². The number of nitrogens with one attached hydrogen (secondary N) is 3. The van der Waals surface area contributed by atoms with Crippen molar-refractivity contribution >= 4 is 29.2 Å². The lowest BCUT2D eigenvalue weighted by molar-refractivity contribution is -0.125. The lowest BCUT2D eigenvalue weighted by Crippen LogP contribution is -2.55. The monoisotopic (exact) mass is 454 g/mol. The molecule has 33 heavy (non-hydrogen) atoms. The molecule has 1 aliphatic heterocycles. The first-order chi connectivity index (χ1) is 15.4. The number of aromatic nitrogens is 1. The van der Waals surface area contributed by atoms with Crippen LogP contribution in [0.1, 0.15) is 57.4 Å². The third-order valence-corrected chi connectivity index (χ3v) is 7.23. The molecule has 2 aliphatic rings. The summed E-state index contributed by atoms with van der Waals surface area (Å²) in [5, 5.41) is 8.29. The topological polar surface area (TPSA) is 109 Å². The molecule has 3 amide bonds. The molecule has 1 saturated carbocycles. The highest BCUT2D eigenvalue weighted by Gasteiger charge is 2.66. The van der Waals surface area contributed by atoms with E-state index in [2.05, 4.69) is 16.0 Å². The van der Waals surface area contributed by atoms with E-state index in [0.717, 1.165) is 0 Å². The zero-order valence-electron chi connectivity index (χ0n) is 19.3. The Kier molecular flexibility index (Phi) is 5.18. The molecule has 174 valence electrons. The highest BCUT2D eigenvalue weighted by Crippen LogP contribution is 2.56. The molecule has 4 rings (SSSR count). The van der Waals surface area contributed by atoms with Crippen LogP contribution in [0.25, 0.3) is 0 Å². The molecule has 2 fully saturated rings. The maximum atomic E-state index is 13.5. The van der Waals surface area contributed by atoms with Crippen molar-refractivity contribution in [3.05, 3.63) is 52.1 Å². The van der Waals surface area contributed by atoms with Crippen LogP contribution in [-0.4, -0.2) is 40.2 Å². The number of carbonyl (C=O) groups is 4. The van der Waals surface area contributed by atoms with E-state index in [9.17, 15) is 23.6 Å². The van der Waals surface area contributed by atoms with E-state index >= 15 is 0 Å². The van der Waals surface area contributed by atoms with E-state index in [1.54, 1.807) is 34.7 Å². The number of rotatable bonds is 5. The van der Waals surface area contributed by atoms with Gasteiger partial charge < -0.3 is 20.5 Å². The average Bonchev–Trinajstić information content (AvgIpc) is 3.49. The van der Waals surface area contributed by atoms with Gasteiger partial charge in [0.05, 0.1) is 22.2 Å². The minimum atomic E-state index is -0.842. The summed E-state index contributed by atoms with van der Waals surface area (Å²) in [7, 11) is 1.62. The SMILES string of the molecule is Cc1cc(NC(=O)c2c(C)c(C(=O)C(=O)NC3(C)CNC(=O)C34CC4)n(C)c2C)ccc1F. The number of halogens is 1. The van der Waals surface area contributed by atoms with Gasteiger partial charge in [0.25, 0.3) is 17.6 Å². The summed E-state index contributed by atoms with van der Waals surface area (Å²) in [5.41, 5.74) is 0.596. The molecule has 1 aromatic carbocycles. The molecule has 1 atom stereocenters. The van der Waals surface area contributed by atoms with E-state index in [0.29, 0.717) is 35.3 Å². The minimum absolute atomic E-state index is 0.0985. The van der Waals surface area contributed by atoms with Crippen molar-refractivity contribution in [2.45, 2.75) is 46.1 Å². The second-order valence-electron chi connectivity index (χ2n) is 9.29. The average molecular weight is 455 g/mol. The quantitative estimate of drug-likeness (QED) is 0.476. The van der Waals surface area contributed by atoms with Crippen LogP contribution < -0.4 is 16.0 Å². The Morgan fingerprint density at radius 3 is 2.42 bits per heavy atom. The van der Waals surface area contributed by atoms with Crippen LogP contribution >= 0.6 is 0 Å². The third-order valence-electron chi connectivity index (χ3n) is 7.23. The van der Waals surface area contributed by atoms with Crippen LogP contribution in [0.3, 0.4) is 0 Å². The predicted molar refractivity (Wildman–Crippen MR) is 120 cm³/mol. The summed E-state index contributed by atoms with van der Waals surface area (Å²) < 4.78 is 15.1. The van der Waals surface area contributed by atoms with Crippen molar-refractivity contribution in [1.82, 2.24) is 15.2 Å². The van der Waals surface area contributed by atoms with Gasteiger partial charge in [0.2, 0.25) is 5.91 Å². The van der Waals surface area contributed by atoms with Crippen molar-refractivity contribution in [2.24, 2.45) is 12.5 Å². The van der Waals surface area contributed by atoms with Crippen molar-refractivity contribution < 1.29 is 23.6 Å². The maximum absolute atomic E-state index is 13.5. The number of carbonyl (C=O) groups excluding carboxylic acids is 4. The molecule has 1 unspecified atom stereocenters. The third kappa shape index (κ3) is 3.42. The van der Waals surface area contributed by atoms with Crippen LogP contribution in [0, 0.1) is 32.0 Å². The maximum Gasteiger partial charge on any atom is 0.294 e. The number of benzene rings is 1. The molecular weight excluding hydrogens is 427 g/mol. The number of hydrogen-bond acceptors (Lipinski definition) is 4. The highest BCUT2D eigenvalue weighted by molar-refractivity contribution is 6.43. The molecular formula is C24H27FN4O4. The Bertz CT molecular complexity index is 1230. The van der Waals surface area contributed by atoms with Crippen LogP contribution in [0.2, 0.25) is 0 Å². The number of amides is 3. The smallest absolute Gasteiger partial charge is 0.294 e.